The van der Waals surface area contributed by atoms with E-state index in [1.165, 1.54) is 18.3 Å². The van der Waals surface area contributed by atoms with Crippen LogP contribution in [0.25, 0.3) is 0 Å². The van der Waals surface area contributed by atoms with Crippen molar-refractivity contribution in [2.75, 3.05) is 0 Å². The zero-order valence-electron chi connectivity index (χ0n) is 5.63. The molecule has 10 heavy (non-hydrogen) atoms. The summed E-state index contributed by atoms with van der Waals surface area (Å²) in [5.41, 5.74) is 0. The van der Waals surface area contributed by atoms with Crippen LogP contribution in [0.2, 0.25) is 0 Å². The van der Waals surface area contributed by atoms with Gasteiger partial charge in [0.05, 0.1) is 0 Å². The van der Waals surface area contributed by atoms with Crippen molar-refractivity contribution >= 4 is 29.3 Å². The SMILES string of the molecule is CC(=O)c1sc(=S)oc1C. The van der Waals surface area contributed by atoms with Gasteiger partial charge in [-0.25, -0.2) is 0 Å². The minimum atomic E-state index is 0.0161. The predicted octanol–water partition coefficient (Wildman–Crippen LogP) is 2.58. The molecule has 0 unspecified atom stereocenters. The van der Waals surface area contributed by atoms with Crippen molar-refractivity contribution in [3.63, 3.8) is 0 Å². The molecular formula is C6H6O2S2. The summed E-state index contributed by atoms with van der Waals surface area (Å²) in [6.07, 6.45) is 0. The van der Waals surface area contributed by atoms with Crippen molar-refractivity contribution in [3.8, 4) is 0 Å². The highest BCUT2D eigenvalue weighted by Gasteiger charge is 2.07. The molecule has 0 spiro atoms. The molecule has 1 rings (SSSR count). The second kappa shape index (κ2) is 2.64. The van der Waals surface area contributed by atoms with Crippen molar-refractivity contribution in [1.29, 1.82) is 0 Å². The Kier molecular flexibility index (Phi) is 2.01. The second-order valence-corrected chi connectivity index (χ2v) is 3.51. The Morgan fingerprint density at radius 2 is 2.30 bits per heavy atom. The van der Waals surface area contributed by atoms with Crippen LogP contribution < -0.4 is 0 Å². The molecule has 0 aromatic carbocycles. The third-order valence-corrected chi connectivity index (χ3v) is 2.42. The van der Waals surface area contributed by atoms with E-state index in [1.807, 2.05) is 0 Å². The Morgan fingerprint density at radius 3 is 2.50 bits per heavy atom. The van der Waals surface area contributed by atoms with Crippen LogP contribution in [0.5, 0.6) is 0 Å². The summed E-state index contributed by atoms with van der Waals surface area (Å²) in [6.45, 7) is 3.24. The largest absolute Gasteiger partial charge is 0.440 e. The fraction of sp³-hybridized carbons (Fsp3) is 0.333. The van der Waals surface area contributed by atoms with Crippen LogP contribution in [0.15, 0.2) is 4.42 Å². The lowest BCUT2D eigenvalue weighted by Crippen LogP contribution is -1.87. The summed E-state index contributed by atoms with van der Waals surface area (Å²) in [5.74, 6) is 0.643. The fourth-order valence-corrected chi connectivity index (χ4v) is 1.70. The molecule has 0 bridgehead atoms. The van der Waals surface area contributed by atoms with Crippen LogP contribution in [-0.4, -0.2) is 5.78 Å². The molecular weight excluding hydrogens is 168 g/mol. The number of ketones is 1. The van der Waals surface area contributed by atoms with Gasteiger partial charge in [0.15, 0.2) is 5.78 Å². The summed E-state index contributed by atoms with van der Waals surface area (Å²) < 4.78 is 5.41. The van der Waals surface area contributed by atoms with Crippen molar-refractivity contribution in [3.05, 3.63) is 14.7 Å². The number of rotatable bonds is 1. The quantitative estimate of drug-likeness (QED) is 0.484. The summed E-state index contributed by atoms with van der Waals surface area (Å²) >= 11 is 5.96. The highest BCUT2D eigenvalue weighted by atomic mass is 32.1. The van der Waals surface area contributed by atoms with Gasteiger partial charge in [-0.15, -0.1) is 0 Å². The van der Waals surface area contributed by atoms with Gasteiger partial charge in [0, 0.05) is 6.92 Å². The van der Waals surface area contributed by atoms with E-state index in [0.717, 1.165) is 0 Å². The molecule has 0 aliphatic rings. The van der Waals surface area contributed by atoms with Gasteiger partial charge in [-0.2, -0.15) is 0 Å². The van der Waals surface area contributed by atoms with Crippen LogP contribution in [0.3, 0.4) is 0 Å². The van der Waals surface area contributed by atoms with Gasteiger partial charge >= 0.3 is 0 Å². The average molecular weight is 174 g/mol. The highest BCUT2D eigenvalue weighted by molar-refractivity contribution is 7.73. The van der Waals surface area contributed by atoms with E-state index in [4.69, 9.17) is 16.6 Å². The predicted molar refractivity (Wildman–Crippen MR) is 42.2 cm³/mol. The first-order valence-corrected chi connectivity index (χ1v) is 3.95. The van der Waals surface area contributed by atoms with Crippen LogP contribution in [0.4, 0.5) is 0 Å². The number of Topliss-reactive ketones (excluding diaryl/α,β-unsaturated/α-hetero) is 1. The number of hydrogen-bond acceptors (Lipinski definition) is 4. The number of hydrogen-bond donors (Lipinski definition) is 0. The van der Waals surface area contributed by atoms with E-state index >= 15 is 0 Å². The first kappa shape index (κ1) is 7.63. The average Bonchev–Trinajstić information content (AvgIpc) is 2.10. The van der Waals surface area contributed by atoms with Gasteiger partial charge in [0.25, 0.3) is 0 Å². The van der Waals surface area contributed by atoms with E-state index in [2.05, 4.69) is 0 Å². The van der Waals surface area contributed by atoms with Crippen molar-refractivity contribution in [2.24, 2.45) is 0 Å². The molecule has 0 fully saturated rings. The topological polar surface area (TPSA) is 30.2 Å². The molecule has 54 valence electrons. The number of aryl methyl sites for hydroxylation is 1. The summed E-state index contributed by atoms with van der Waals surface area (Å²) in [5, 5.41) is 0. The third kappa shape index (κ3) is 1.33. The van der Waals surface area contributed by atoms with Gasteiger partial charge < -0.3 is 4.42 Å². The molecule has 0 saturated heterocycles. The third-order valence-electron chi connectivity index (χ3n) is 1.06. The molecule has 1 aromatic heterocycles. The minimum absolute atomic E-state index is 0.0161. The molecule has 0 aliphatic heterocycles. The lowest BCUT2D eigenvalue weighted by atomic mass is 10.3. The van der Waals surface area contributed by atoms with Gasteiger partial charge in [0.1, 0.15) is 10.6 Å². The van der Waals surface area contributed by atoms with Crippen LogP contribution in [0.1, 0.15) is 22.4 Å². The first-order valence-electron chi connectivity index (χ1n) is 2.72. The van der Waals surface area contributed by atoms with Gasteiger partial charge in [0.2, 0.25) is 4.02 Å². The van der Waals surface area contributed by atoms with Crippen LogP contribution in [0, 0.1) is 10.9 Å². The Balaban J connectivity index is 3.28. The van der Waals surface area contributed by atoms with Gasteiger partial charge in [-0.05, 0) is 19.1 Å². The molecule has 0 amide bonds. The molecule has 4 heteroatoms. The smallest absolute Gasteiger partial charge is 0.247 e. The molecule has 0 saturated carbocycles. The summed E-state index contributed by atoms with van der Waals surface area (Å²) in [7, 11) is 0. The maximum atomic E-state index is 10.8. The van der Waals surface area contributed by atoms with Crippen molar-refractivity contribution < 1.29 is 9.21 Å². The van der Waals surface area contributed by atoms with Crippen molar-refractivity contribution in [2.45, 2.75) is 13.8 Å². The first-order chi connectivity index (χ1) is 4.61. The summed E-state index contributed by atoms with van der Waals surface area (Å²) in [4.78, 5) is 11.4. The maximum absolute atomic E-state index is 10.8. The van der Waals surface area contributed by atoms with Gasteiger partial charge in [-0.3, -0.25) is 4.79 Å². The fourth-order valence-electron chi connectivity index (χ4n) is 0.667. The zero-order valence-corrected chi connectivity index (χ0v) is 7.27. The molecule has 2 nitrogen and oxygen atoms in total. The van der Waals surface area contributed by atoms with Gasteiger partial charge in [-0.1, -0.05) is 11.3 Å². The molecule has 0 N–H and O–H groups in total. The maximum Gasteiger partial charge on any atom is 0.247 e. The minimum Gasteiger partial charge on any atom is -0.440 e. The van der Waals surface area contributed by atoms with E-state index in [1.54, 1.807) is 6.92 Å². The highest BCUT2D eigenvalue weighted by Crippen LogP contribution is 2.17. The lowest BCUT2D eigenvalue weighted by molar-refractivity contribution is 0.101. The molecule has 0 aliphatic carbocycles. The van der Waals surface area contributed by atoms with E-state index in [9.17, 15) is 4.79 Å². The van der Waals surface area contributed by atoms with E-state index in [-0.39, 0.29) is 5.78 Å². The second-order valence-electron chi connectivity index (χ2n) is 1.90. The normalized spacial score (nSPS) is 9.80. The Morgan fingerprint density at radius 1 is 1.70 bits per heavy atom. The molecule has 1 aromatic rings. The number of carbonyl (C=O) groups excluding carboxylic acids is 1. The molecule has 0 radical (unpaired) electrons. The van der Waals surface area contributed by atoms with E-state index < -0.39 is 0 Å². The lowest BCUT2D eigenvalue weighted by Gasteiger charge is -1.84. The monoisotopic (exact) mass is 174 g/mol. The van der Waals surface area contributed by atoms with Crippen molar-refractivity contribution in [1.82, 2.24) is 0 Å². The molecule has 1 heterocycles. The standard InChI is InChI=1S/C6H6O2S2/c1-3(7)5-4(2)8-6(9)10-5/h1-2H3. The molecule has 0 atom stereocenters. The Labute approximate surface area is 67.5 Å². The zero-order chi connectivity index (χ0) is 7.72. The van der Waals surface area contributed by atoms with Crippen LogP contribution in [-0.2, 0) is 0 Å². The summed E-state index contributed by atoms with van der Waals surface area (Å²) in [6, 6.07) is 0. The van der Waals surface area contributed by atoms with E-state index in [0.29, 0.717) is 14.7 Å². The van der Waals surface area contributed by atoms with Crippen LogP contribution >= 0.6 is 23.6 Å². The number of carbonyl (C=O) groups is 1. The Hall–Kier alpha value is -0.480. The Bertz CT molecular complexity index is 308.